The summed E-state index contributed by atoms with van der Waals surface area (Å²) < 4.78 is 17.7. The maximum absolute atomic E-state index is 13.4. The van der Waals surface area contributed by atoms with E-state index in [1.807, 2.05) is 13.8 Å². The summed E-state index contributed by atoms with van der Waals surface area (Å²) in [6.07, 6.45) is 0.641. The second kappa shape index (κ2) is 8.67. The number of carbonyl (C=O) groups excluding carboxylic acids is 1. The van der Waals surface area contributed by atoms with Crippen molar-refractivity contribution in [2.75, 3.05) is 14.2 Å². The lowest BCUT2D eigenvalue weighted by molar-refractivity contribution is -0.140. The lowest BCUT2D eigenvalue weighted by Crippen LogP contribution is -2.58. The van der Waals surface area contributed by atoms with Gasteiger partial charge in [-0.05, 0) is 35.4 Å². The van der Waals surface area contributed by atoms with E-state index >= 15 is 0 Å². The molecule has 0 amide bonds. The molecule has 0 N–H and O–H groups in total. The van der Waals surface area contributed by atoms with Crippen LogP contribution in [0.25, 0.3) is 0 Å². The van der Waals surface area contributed by atoms with Crippen LogP contribution in [0.3, 0.4) is 0 Å². The first-order valence-corrected chi connectivity index (χ1v) is 12.7. The van der Waals surface area contributed by atoms with E-state index in [1.165, 1.54) is 0 Å². The molecule has 0 bridgehead atoms. The number of hydrogen-bond acceptors (Lipinski definition) is 4. The Labute approximate surface area is 159 Å². The summed E-state index contributed by atoms with van der Waals surface area (Å²) in [4.78, 5) is 13.4. The molecule has 1 radical (unpaired) electrons. The van der Waals surface area contributed by atoms with Gasteiger partial charge in [0.2, 0.25) is 0 Å². The van der Waals surface area contributed by atoms with Crippen LogP contribution in [0.5, 0.6) is 0 Å². The molecule has 149 valence electrons. The van der Waals surface area contributed by atoms with E-state index in [1.54, 1.807) is 14.2 Å². The van der Waals surface area contributed by atoms with E-state index < -0.39 is 22.6 Å². The van der Waals surface area contributed by atoms with Crippen molar-refractivity contribution in [2.24, 2.45) is 5.92 Å². The van der Waals surface area contributed by atoms with Crippen molar-refractivity contribution >= 4 is 23.6 Å². The molecule has 25 heavy (non-hydrogen) atoms. The second-order valence-corrected chi connectivity index (χ2v) is 17.5. The Bertz CT molecular complexity index is 420. The molecule has 6 heteroatoms. The summed E-state index contributed by atoms with van der Waals surface area (Å²) in [6, 6.07) is 0.952. The highest BCUT2D eigenvalue weighted by molar-refractivity contribution is 6.81. The van der Waals surface area contributed by atoms with E-state index in [0.717, 1.165) is 6.04 Å². The van der Waals surface area contributed by atoms with Crippen LogP contribution < -0.4 is 0 Å². The smallest absolute Gasteiger partial charge is 0.402 e. The first-order chi connectivity index (χ1) is 11.1. The van der Waals surface area contributed by atoms with Gasteiger partial charge >= 0.3 is 9.28 Å². The fourth-order valence-corrected chi connectivity index (χ4v) is 11.4. The summed E-state index contributed by atoms with van der Waals surface area (Å²) in [5.74, 6) is 0.324. The first-order valence-electron chi connectivity index (χ1n) is 9.31. The van der Waals surface area contributed by atoms with Gasteiger partial charge < -0.3 is 13.3 Å². The summed E-state index contributed by atoms with van der Waals surface area (Å²) in [7, 11) is -0.986. The summed E-state index contributed by atoms with van der Waals surface area (Å²) in [5.41, 5.74) is 0. The standard InChI is InChI=1S/C19H41O4Si2/c1-13-19(10,24(21-11)22-12)16(20)23-25(14-15(2)3,17(4,5)6)18(7,8)9/h15H,13-14H2,1-12H3. The predicted octanol–water partition coefficient (Wildman–Crippen LogP) is 5.68. The zero-order chi connectivity index (χ0) is 20.3. The van der Waals surface area contributed by atoms with E-state index in [0.29, 0.717) is 12.3 Å². The van der Waals surface area contributed by atoms with Crippen LogP contribution in [0.1, 0.15) is 75.7 Å². The molecule has 0 aromatic heterocycles. The fourth-order valence-electron chi connectivity index (χ4n) is 3.84. The van der Waals surface area contributed by atoms with Gasteiger partial charge in [-0.15, -0.1) is 0 Å². The van der Waals surface area contributed by atoms with Crippen molar-refractivity contribution in [3.05, 3.63) is 0 Å². The Morgan fingerprint density at radius 2 is 1.36 bits per heavy atom. The molecule has 0 rings (SSSR count). The Hall–Kier alpha value is -0.176. The minimum atomic E-state index is -2.47. The van der Waals surface area contributed by atoms with Crippen LogP contribution >= 0.6 is 0 Å². The van der Waals surface area contributed by atoms with Crippen molar-refractivity contribution in [1.82, 2.24) is 0 Å². The molecule has 0 spiro atoms. The quantitative estimate of drug-likeness (QED) is 0.501. The second-order valence-electron chi connectivity index (χ2n) is 9.70. The Kier molecular flexibility index (Phi) is 8.61. The molecule has 0 aromatic rings. The maximum Gasteiger partial charge on any atom is 0.402 e. The third-order valence-corrected chi connectivity index (χ3v) is 14.3. The highest BCUT2D eigenvalue weighted by Gasteiger charge is 2.60. The van der Waals surface area contributed by atoms with Crippen LogP contribution in [0.2, 0.25) is 21.2 Å². The maximum atomic E-state index is 13.4. The van der Waals surface area contributed by atoms with Crippen molar-refractivity contribution in [2.45, 2.75) is 96.8 Å². The average Bonchev–Trinajstić information content (AvgIpc) is 2.44. The molecule has 0 aromatic carbocycles. The molecule has 0 aliphatic carbocycles. The summed E-state index contributed by atoms with van der Waals surface area (Å²) in [6.45, 7) is 21.7. The van der Waals surface area contributed by atoms with Gasteiger partial charge in [0.05, 0.1) is 0 Å². The molecule has 0 saturated carbocycles. The van der Waals surface area contributed by atoms with Crippen LogP contribution in [0.4, 0.5) is 0 Å². The van der Waals surface area contributed by atoms with Crippen molar-refractivity contribution < 1.29 is 18.1 Å². The summed E-state index contributed by atoms with van der Waals surface area (Å²) >= 11 is 0. The molecule has 0 aliphatic heterocycles. The topological polar surface area (TPSA) is 44.8 Å². The number of rotatable bonds is 8. The Balaban J connectivity index is 6.14. The first kappa shape index (κ1) is 24.8. The molecule has 0 fully saturated rings. The Morgan fingerprint density at radius 1 is 0.960 bits per heavy atom. The van der Waals surface area contributed by atoms with Crippen LogP contribution in [-0.4, -0.2) is 37.8 Å². The highest BCUT2D eigenvalue weighted by Crippen LogP contribution is 2.56. The minimum absolute atomic E-state index is 0.0626. The SMILES string of the molecule is CCC(C)(C(=O)O[Si](CC(C)C)(C(C)(C)C)C(C)(C)C)[Si](OC)OC. The third kappa shape index (κ3) is 5.18. The monoisotopic (exact) mass is 389 g/mol. The molecule has 0 heterocycles. The van der Waals surface area contributed by atoms with Crippen molar-refractivity contribution in [3.8, 4) is 0 Å². The van der Waals surface area contributed by atoms with Gasteiger partial charge in [-0.2, -0.15) is 0 Å². The zero-order valence-corrected chi connectivity index (χ0v) is 20.6. The van der Waals surface area contributed by atoms with Crippen LogP contribution in [-0.2, 0) is 18.1 Å². The summed E-state index contributed by atoms with van der Waals surface area (Å²) in [5, 5.41) is -0.848. The largest absolute Gasteiger partial charge is 0.518 e. The predicted molar refractivity (Wildman–Crippen MR) is 109 cm³/mol. The molecule has 1 unspecified atom stereocenters. The van der Waals surface area contributed by atoms with Gasteiger partial charge in [0.25, 0.3) is 14.3 Å². The van der Waals surface area contributed by atoms with E-state index in [-0.39, 0.29) is 16.0 Å². The molecule has 0 aliphatic rings. The van der Waals surface area contributed by atoms with Crippen LogP contribution in [0.15, 0.2) is 0 Å². The molecule has 0 saturated heterocycles. The molecule has 4 nitrogen and oxygen atoms in total. The van der Waals surface area contributed by atoms with Gasteiger partial charge in [-0.25, -0.2) is 0 Å². The number of carbonyl (C=O) groups is 1. The van der Waals surface area contributed by atoms with Crippen LogP contribution in [0, 0.1) is 5.92 Å². The lowest BCUT2D eigenvalue weighted by Gasteiger charge is -2.52. The zero-order valence-electron chi connectivity index (χ0n) is 18.6. The lowest BCUT2D eigenvalue weighted by atomic mass is 10.1. The highest BCUT2D eigenvalue weighted by atomic mass is 28.4. The number of hydrogen-bond donors (Lipinski definition) is 0. The van der Waals surface area contributed by atoms with E-state index in [2.05, 4.69) is 55.4 Å². The van der Waals surface area contributed by atoms with Gasteiger partial charge in [0.15, 0.2) is 0 Å². The third-order valence-electron chi connectivity index (χ3n) is 5.36. The van der Waals surface area contributed by atoms with E-state index in [4.69, 9.17) is 13.3 Å². The normalized spacial score (nSPS) is 16.2. The van der Waals surface area contributed by atoms with Gasteiger partial charge in [-0.3, -0.25) is 4.79 Å². The molecule has 1 atom stereocenters. The van der Waals surface area contributed by atoms with Crippen molar-refractivity contribution in [3.63, 3.8) is 0 Å². The molecular weight excluding hydrogens is 348 g/mol. The van der Waals surface area contributed by atoms with Crippen molar-refractivity contribution in [1.29, 1.82) is 0 Å². The van der Waals surface area contributed by atoms with Gasteiger partial charge in [0, 0.05) is 14.2 Å². The molecular formula is C19H41O4Si2. The van der Waals surface area contributed by atoms with Gasteiger partial charge in [0.1, 0.15) is 5.04 Å². The minimum Gasteiger partial charge on any atom is -0.518 e. The van der Waals surface area contributed by atoms with E-state index in [9.17, 15) is 4.79 Å². The fraction of sp³-hybridized carbons (Fsp3) is 0.947. The average molecular weight is 390 g/mol. The Morgan fingerprint density at radius 3 is 1.60 bits per heavy atom. The van der Waals surface area contributed by atoms with Gasteiger partial charge in [-0.1, -0.05) is 62.3 Å².